The predicted molar refractivity (Wildman–Crippen MR) is 79.0 cm³/mol. The Bertz CT molecular complexity index is 676. The van der Waals surface area contributed by atoms with Crippen molar-refractivity contribution in [1.82, 2.24) is 9.55 Å². The zero-order valence-corrected chi connectivity index (χ0v) is 13.0. The minimum atomic E-state index is -0.229. The summed E-state index contributed by atoms with van der Waals surface area (Å²) in [6.45, 7) is 3.79. The first-order chi connectivity index (χ1) is 9.02. The number of hydrogen-bond donors (Lipinski definition) is 0. The molecule has 0 aromatic carbocycles. The van der Waals surface area contributed by atoms with Crippen molar-refractivity contribution in [1.29, 1.82) is 0 Å². The van der Waals surface area contributed by atoms with Gasteiger partial charge in [0.05, 0.1) is 11.4 Å². The topological polar surface area (TPSA) is 52.0 Å². The number of carbonyl (C=O) groups excluding carboxylic acids is 1. The van der Waals surface area contributed by atoms with E-state index in [0.29, 0.717) is 15.2 Å². The summed E-state index contributed by atoms with van der Waals surface area (Å²) in [5, 5.41) is 0. The fourth-order valence-corrected chi connectivity index (χ4v) is 2.87. The standard InChI is InChI=1S/C13H13BrN2O2S/c1-3-9-4-5-12(19-9)11(17)7-16-8(2)15-6-10(14)13(16)18/h4-6H,3,7H2,1-2H3. The molecule has 2 aromatic heterocycles. The Morgan fingerprint density at radius 3 is 2.84 bits per heavy atom. The summed E-state index contributed by atoms with van der Waals surface area (Å²) in [6.07, 6.45) is 2.37. The fraction of sp³-hybridized carbons (Fsp3) is 0.308. The van der Waals surface area contributed by atoms with Gasteiger partial charge in [0.1, 0.15) is 10.3 Å². The molecule has 0 fully saturated rings. The molecule has 0 N–H and O–H groups in total. The number of aromatic nitrogens is 2. The quantitative estimate of drug-likeness (QED) is 0.804. The molecule has 0 aliphatic rings. The Balaban J connectivity index is 2.29. The second-order valence-corrected chi connectivity index (χ2v) is 6.11. The molecule has 100 valence electrons. The maximum absolute atomic E-state index is 12.2. The minimum Gasteiger partial charge on any atom is -0.291 e. The van der Waals surface area contributed by atoms with Gasteiger partial charge in [-0.25, -0.2) is 4.98 Å². The zero-order valence-electron chi connectivity index (χ0n) is 10.6. The lowest BCUT2D eigenvalue weighted by Gasteiger charge is -2.07. The van der Waals surface area contributed by atoms with E-state index < -0.39 is 0 Å². The van der Waals surface area contributed by atoms with Crippen molar-refractivity contribution in [2.45, 2.75) is 26.8 Å². The normalized spacial score (nSPS) is 10.7. The van der Waals surface area contributed by atoms with Gasteiger partial charge in [-0.2, -0.15) is 0 Å². The molecule has 0 bridgehead atoms. The van der Waals surface area contributed by atoms with Crippen molar-refractivity contribution in [2.24, 2.45) is 0 Å². The van der Waals surface area contributed by atoms with E-state index in [1.165, 1.54) is 27.0 Å². The third-order valence-electron chi connectivity index (χ3n) is 2.79. The van der Waals surface area contributed by atoms with Crippen molar-refractivity contribution >= 4 is 33.0 Å². The number of rotatable bonds is 4. The van der Waals surface area contributed by atoms with Crippen LogP contribution in [0.4, 0.5) is 0 Å². The summed E-state index contributed by atoms with van der Waals surface area (Å²) >= 11 is 4.62. The van der Waals surface area contributed by atoms with Gasteiger partial charge in [-0.05, 0) is 41.4 Å². The molecule has 2 aromatic rings. The van der Waals surface area contributed by atoms with E-state index in [0.717, 1.165) is 6.42 Å². The molecular formula is C13H13BrN2O2S. The molecule has 0 atom stereocenters. The number of Topliss-reactive ketones (excluding diaryl/α,β-unsaturated/α-hetero) is 1. The maximum Gasteiger partial charge on any atom is 0.268 e. The van der Waals surface area contributed by atoms with Crippen LogP contribution in [0.25, 0.3) is 0 Å². The summed E-state index contributed by atoms with van der Waals surface area (Å²) in [5.74, 6) is 0.476. The van der Waals surface area contributed by atoms with Crippen molar-refractivity contribution in [2.75, 3.05) is 0 Å². The van der Waals surface area contributed by atoms with Crippen LogP contribution in [0, 0.1) is 6.92 Å². The highest BCUT2D eigenvalue weighted by atomic mass is 79.9. The maximum atomic E-state index is 12.2. The Morgan fingerprint density at radius 2 is 2.21 bits per heavy atom. The summed E-state index contributed by atoms with van der Waals surface area (Å²) in [6, 6.07) is 3.77. The van der Waals surface area contributed by atoms with Gasteiger partial charge in [-0.1, -0.05) is 6.92 Å². The van der Waals surface area contributed by atoms with Gasteiger partial charge in [-0.15, -0.1) is 11.3 Å². The van der Waals surface area contributed by atoms with Crippen LogP contribution in [-0.2, 0) is 13.0 Å². The molecular weight excluding hydrogens is 328 g/mol. The molecule has 0 radical (unpaired) electrons. The van der Waals surface area contributed by atoms with E-state index in [1.807, 2.05) is 19.1 Å². The zero-order chi connectivity index (χ0) is 14.0. The van der Waals surface area contributed by atoms with Gasteiger partial charge in [0.2, 0.25) is 0 Å². The van der Waals surface area contributed by atoms with Crippen LogP contribution >= 0.6 is 27.3 Å². The van der Waals surface area contributed by atoms with Crippen LogP contribution in [0.3, 0.4) is 0 Å². The molecule has 0 unspecified atom stereocenters. The average molecular weight is 341 g/mol. The summed E-state index contributed by atoms with van der Waals surface area (Å²) < 4.78 is 1.75. The van der Waals surface area contributed by atoms with Gasteiger partial charge < -0.3 is 0 Å². The van der Waals surface area contributed by atoms with Crippen LogP contribution < -0.4 is 5.56 Å². The van der Waals surface area contributed by atoms with Gasteiger partial charge in [0.15, 0.2) is 5.78 Å². The van der Waals surface area contributed by atoms with Crippen LogP contribution in [0.2, 0.25) is 0 Å². The highest BCUT2D eigenvalue weighted by Crippen LogP contribution is 2.18. The minimum absolute atomic E-state index is 0.0285. The van der Waals surface area contributed by atoms with E-state index in [1.54, 1.807) is 6.92 Å². The van der Waals surface area contributed by atoms with Crippen molar-refractivity contribution in [3.63, 3.8) is 0 Å². The van der Waals surface area contributed by atoms with E-state index in [4.69, 9.17) is 0 Å². The molecule has 6 heteroatoms. The third kappa shape index (κ3) is 3.01. The highest BCUT2D eigenvalue weighted by molar-refractivity contribution is 9.10. The molecule has 0 saturated carbocycles. The Kier molecular flexibility index (Phi) is 4.31. The molecule has 0 amide bonds. The van der Waals surface area contributed by atoms with Crippen LogP contribution in [-0.4, -0.2) is 15.3 Å². The van der Waals surface area contributed by atoms with Crippen LogP contribution in [0.15, 0.2) is 27.6 Å². The number of carbonyl (C=O) groups is 1. The third-order valence-corrected chi connectivity index (χ3v) is 4.61. The van der Waals surface area contributed by atoms with Gasteiger partial charge >= 0.3 is 0 Å². The molecule has 0 saturated heterocycles. The molecule has 19 heavy (non-hydrogen) atoms. The SMILES string of the molecule is CCc1ccc(C(=O)Cn2c(C)ncc(Br)c2=O)s1. The average Bonchev–Trinajstić information content (AvgIpc) is 2.88. The van der Waals surface area contributed by atoms with E-state index in [-0.39, 0.29) is 17.9 Å². The second-order valence-electron chi connectivity index (χ2n) is 4.09. The highest BCUT2D eigenvalue weighted by Gasteiger charge is 2.13. The van der Waals surface area contributed by atoms with E-state index >= 15 is 0 Å². The summed E-state index contributed by atoms with van der Waals surface area (Å²) in [5.41, 5.74) is -0.229. The number of ketones is 1. The lowest BCUT2D eigenvalue weighted by atomic mass is 10.3. The first kappa shape index (κ1) is 14.1. The van der Waals surface area contributed by atoms with Gasteiger partial charge in [0, 0.05) is 11.1 Å². The molecule has 4 nitrogen and oxygen atoms in total. The van der Waals surface area contributed by atoms with Crippen LogP contribution in [0.1, 0.15) is 27.3 Å². The van der Waals surface area contributed by atoms with E-state index in [9.17, 15) is 9.59 Å². The first-order valence-corrected chi connectivity index (χ1v) is 7.47. The first-order valence-electron chi connectivity index (χ1n) is 5.86. The monoisotopic (exact) mass is 340 g/mol. The molecule has 2 rings (SSSR count). The van der Waals surface area contributed by atoms with Crippen molar-refractivity contribution in [3.05, 3.63) is 48.7 Å². The Labute approximate surface area is 123 Å². The molecule has 0 aliphatic heterocycles. The largest absolute Gasteiger partial charge is 0.291 e. The van der Waals surface area contributed by atoms with Crippen molar-refractivity contribution in [3.8, 4) is 0 Å². The Morgan fingerprint density at radius 1 is 1.47 bits per heavy atom. The smallest absolute Gasteiger partial charge is 0.268 e. The number of aryl methyl sites for hydroxylation is 2. The lowest BCUT2D eigenvalue weighted by Crippen LogP contribution is -2.27. The molecule has 0 spiro atoms. The van der Waals surface area contributed by atoms with Crippen LogP contribution in [0.5, 0.6) is 0 Å². The fourth-order valence-electron chi connectivity index (χ4n) is 1.68. The Hall–Kier alpha value is -1.27. The number of thiophene rings is 1. The predicted octanol–water partition coefficient (Wildman–Crippen LogP) is 2.82. The van der Waals surface area contributed by atoms with Crippen molar-refractivity contribution < 1.29 is 4.79 Å². The lowest BCUT2D eigenvalue weighted by molar-refractivity contribution is 0.0973. The molecule has 2 heterocycles. The number of nitrogens with zero attached hydrogens (tertiary/aromatic N) is 2. The van der Waals surface area contributed by atoms with E-state index in [2.05, 4.69) is 20.9 Å². The van der Waals surface area contributed by atoms with Gasteiger partial charge in [-0.3, -0.25) is 14.2 Å². The number of halogens is 1. The molecule has 0 aliphatic carbocycles. The summed E-state index contributed by atoms with van der Waals surface area (Å²) in [4.78, 5) is 30.0. The van der Waals surface area contributed by atoms with Gasteiger partial charge in [0.25, 0.3) is 5.56 Å². The summed E-state index contributed by atoms with van der Waals surface area (Å²) in [7, 11) is 0. The number of hydrogen-bond acceptors (Lipinski definition) is 4. The second kappa shape index (κ2) is 5.79.